The highest BCUT2D eigenvalue weighted by Crippen LogP contribution is 2.39. The molecule has 0 saturated carbocycles. The van der Waals surface area contributed by atoms with Crippen molar-refractivity contribution in [2.45, 2.75) is 43.2 Å². The van der Waals surface area contributed by atoms with Crippen LogP contribution in [0.3, 0.4) is 0 Å². The molecule has 27 heavy (non-hydrogen) atoms. The Morgan fingerprint density at radius 3 is 2.52 bits per heavy atom. The molecule has 0 aromatic heterocycles. The molecule has 5 N–H and O–H groups in total. The van der Waals surface area contributed by atoms with Gasteiger partial charge in [0.15, 0.2) is 12.1 Å². The first kappa shape index (κ1) is 19.8. The number of fused-ring (bicyclic) bond motifs is 1. The van der Waals surface area contributed by atoms with Crippen LogP contribution in [0.4, 0.5) is 18.9 Å². The van der Waals surface area contributed by atoms with Crippen LogP contribution in [0.2, 0.25) is 0 Å². The van der Waals surface area contributed by atoms with Crippen LogP contribution in [0, 0.1) is 0 Å². The van der Waals surface area contributed by atoms with Gasteiger partial charge in [0, 0.05) is 12.1 Å². The van der Waals surface area contributed by atoms with E-state index in [9.17, 15) is 33.3 Å². The van der Waals surface area contributed by atoms with Gasteiger partial charge >= 0.3 is 6.18 Å². The molecule has 1 aliphatic carbocycles. The molecule has 0 radical (unpaired) electrons. The normalized spacial score (nSPS) is 31.3. The molecule has 1 fully saturated rings. The standard InChI is InChI=1S/C17H18F3NO6/c18-17(19,20)11-5-9(23)4-7-3-8(1-2-10(7)11)21-13-15(25)14(24)12(6-22)27-16(13)26/h1-3,5,12-16,21-22,24-26H,4,6H2/t12?,13?,14-,15-,16?/m1/s1. The topological polar surface area (TPSA) is 119 Å². The molecular formula is C17H18F3NO6. The summed E-state index contributed by atoms with van der Waals surface area (Å²) in [5.74, 6) is -0.686. The average molecular weight is 389 g/mol. The van der Waals surface area contributed by atoms with Gasteiger partial charge in [0.05, 0.1) is 12.2 Å². The fourth-order valence-corrected chi connectivity index (χ4v) is 3.25. The number of carbonyl (C=O) groups excluding carboxylic acids is 1. The predicted octanol–water partition coefficient (Wildman–Crippen LogP) is -0.0307. The number of aliphatic hydroxyl groups is 4. The predicted molar refractivity (Wildman–Crippen MR) is 86.6 cm³/mol. The average Bonchev–Trinajstić information content (AvgIpc) is 2.60. The highest BCUT2D eigenvalue weighted by atomic mass is 19.4. The summed E-state index contributed by atoms with van der Waals surface area (Å²) in [7, 11) is 0. The maximum Gasteiger partial charge on any atom is 0.417 e. The summed E-state index contributed by atoms with van der Waals surface area (Å²) < 4.78 is 44.4. The van der Waals surface area contributed by atoms with Crippen LogP contribution in [0.25, 0.3) is 5.57 Å². The molecule has 0 amide bonds. The van der Waals surface area contributed by atoms with Gasteiger partial charge < -0.3 is 30.5 Å². The van der Waals surface area contributed by atoms with E-state index in [1.807, 2.05) is 0 Å². The molecule has 0 spiro atoms. The Bertz CT molecular complexity index is 766. The van der Waals surface area contributed by atoms with E-state index in [0.29, 0.717) is 6.08 Å². The van der Waals surface area contributed by atoms with E-state index in [-0.39, 0.29) is 23.2 Å². The minimum atomic E-state index is -4.67. The quantitative estimate of drug-likeness (QED) is 0.493. The molecule has 148 valence electrons. The minimum Gasteiger partial charge on any atom is -0.394 e. The molecule has 3 rings (SSSR count). The number of benzene rings is 1. The summed E-state index contributed by atoms with van der Waals surface area (Å²) in [5, 5.41) is 41.7. The van der Waals surface area contributed by atoms with Gasteiger partial charge in [-0.1, -0.05) is 6.07 Å². The van der Waals surface area contributed by atoms with E-state index in [0.717, 1.165) is 0 Å². The molecule has 10 heteroatoms. The Morgan fingerprint density at radius 2 is 1.89 bits per heavy atom. The van der Waals surface area contributed by atoms with Crippen LogP contribution >= 0.6 is 0 Å². The molecule has 0 bridgehead atoms. The minimum absolute atomic E-state index is 0.117. The second-order valence-corrected chi connectivity index (χ2v) is 6.47. The molecular weight excluding hydrogens is 371 g/mol. The first-order valence-corrected chi connectivity index (χ1v) is 8.14. The Morgan fingerprint density at radius 1 is 1.19 bits per heavy atom. The van der Waals surface area contributed by atoms with Gasteiger partial charge in [-0.05, 0) is 29.3 Å². The Balaban J connectivity index is 1.85. The molecule has 1 aromatic carbocycles. The number of carbonyl (C=O) groups is 1. The molecule has 5 atom stereocenters. The van der Waals surface area contributed by atoms with Gasteiger partial charge in [0.1, 0.15) is 24.4 Å². The fraction of sp³-hybridized carbons (Fsp3) is 0.471. The van der Waals surface area contributed by atoms with Crippen LogP contribution in [0.1, 0.15) is 11.1 Å². The number of hydrogen-bond donors (Lipinski definition) is 5. The van der Waals surface area contributed by atoms with Crippen molar-refractivity contribution in [1.82, 2.24) is 0 Å². The monoisotopic (exact) mass is 389 g/mol. The van der Waals surface area contributed by atoms with Crippen LogP contribution in [0.5, 0.6) is 0 Å². The number of ketones is 1. The summed E-state index contributed by atoms with van der Waals surface area (Å²) in [6.45, 7) is -0.616. The molecule has 1 saturated heterocycles. The van der Waals surface area contributed by atoms with Gasteiger partial charge in [0.2, 0.25) is 0 Å². The smallest absolute Gasteiger partial charge is 0.394 e. The number of halogens is 3. The fourth-order valence-electron chi connectivity index (χ4n) is 3.25. The second-order valence-electron chi connectivity index (χ2n) is 6.47. The van der Waals surface area contributed by atoms with Gasteiger partial charge in [0.25, 0.3) is 0 Å². The third-order valence-corrected chi connectivity index (χ3v) is 4.60. The van der Waals surface area contributed by atoms with Crippen molar-refractivity contribution in [3.05, 3.63) is 35.4 Å². The van der Waals surface area contributed by atoms with Crippen LogP contribution < -0.4 is 5.32 Å². The van der Waals surface area contributed by atoms with E-state index in [1.54, 1.807) is 0 Å². The van der Waals surface area contributed by atoms with E-state index in [4.69, 9.17) is 9.84 Å². The Labute approximate surface area is 151 Å². The highest BCUT2D eigenvalue weighted by Gasteiger charge is 2.44. The molecule has 1 aliphatic heterocycles. The number of nitrogens with one attached hydrogen (secondary N) is 1. The van der Waals surface area contributed by atoms with Crippen molar-refractivity contribution in [3.63, 3.8) is 0 Å². The van der Waals surface area contributed by atoms with Gasteiger partial charge in [-0.25, -0.2) is 0 Å². The number of allylic oxidation sites excluding steroid dienone is 2. The summed E-state index contributed by atoms with van der Waals surface area (Å²) in [5.41, 5.74) is -0.766. The van der Waals surface area contributed by atoms with Crippen LogP contribution in [-0.2, 0) is 16.0 Å². The SMILES string of the molecule is O=C1C=C(C(F)(F)F)c2ccc(NC3C(O)OC(CO)[C@@H](O)[C@@H]3O)cc2C1. The Hall–Kier alpha value is -1.98. The summed E-state index contributed by atoms with van der Waals surface area (Å²) in [4.78, 5) is 11.6. The molecule has 1 heterocycles. The van der Waals surface area contributed by atoms with Crippen molar-refractivity contribution < 1.29 is 43.1 Å². The zero-order chi connectivity index (χ0) is 19.9. The van der Waals surface area contributed by atoms with Crippen LogP contribution in [-0.4, -0.2) is 69.6 Å². The maximum absolute atomic E-state index is 13.1. The summed E-state index contributed by atoms with van der Waals surface area (Å²) in [6.07, 6.45) is -10.1. The zero-order valence-electron chi connectivity index (χ0n) is 13.8. The van der Waals surface area contributed by atoms with Crippen molar-refractivity contribution >= 4 is 17.0 Å². The van der Waals surface area contributed by atoms with Crippen molar-refractivity contribution in [1.29, 1.82) is 0 Å². The van der Waals surface area contributed by atoms with Crippen LogP contribution in [0.15, 0.2) is 24.3 Å². The first-order valence-electron chi connectivity index (χ1n) is 8.14. The second kappa shape index (κ2) is 7.21. The Kier molecular flexibility index (Phi) is 5.28. The van der Waals surface area contributed by atoms with Crippen molar-refractivity contribution in [2.75, 3.05) is 11.9 Å². The zero-order valence-corrected chi connectivity index (χ0v) is 13.8. The molecule has 3 unspecified atom stereocenters. The number of aliphatic hydroxyl groups excluding tert-OH is 4. The van der Waals surface area contributed by atoms with Gasteiger partial charge in [-0.3, -0.25) is 4.79 Å². The van der Waals surface area contributed by atoms with E-state index >= 15 is 0 Å². The molecule has 7 nitrogen and oxygen atoms in total. The molecule has 2 aliphatic rings. The van der Waals surface area contributed by atoms with Gasteiger partial charge in [-0.15, -0.1) is 0 Å². The lowest BCUT2D eigenvalue weighted by molar-refractivity contribution is -0.245. The number of alkyl halides is 3. The number of hydrogen-bond acceptors (Lipinski definition) is 7. The first-order chi connectivity index (χ1) is 12.6. The maximum atomic E-state index is 13.1. The van der Waals surface area contributed by atoms with Crippen molar-refractivity contribution in [2.24, 2.45) is 0 Å². The number of anilines is 1. The van der Waals surface area contributed by atoms with Crippen molar-refractivity contribution in [3.8, 4) is 0 Å². The highest BCUT2D eigenvalue weighted by molar-refractivity contribution is 6.03. The van der Waals surface area contributed by atoms with E-state index in [1.165, 1.54) is 18.2 Å². The lowest BCUT2D eigenvalue weighted by Gasteiger charge is -2.40. The number of rotatable bonds is 3. The third-order valence-electron chi connectivity index (χ3n) is 4.60. The number of ether oxygens (including phenoxy) is 1. The largest absolute Gasteiger partial charge is 0.417 e. The van der Waals surface area contributed by atoms with Gasteiger partial charge in [-0.2, -0.15) is 13.2 Å². The summed E-state index contributed by atoms with van der Waals surface area (Å²) >= 11 is 0. The lowest BCUT2D eigenvalue weighted by Crippen LogP contribution is -2.61. The third kappa shape index (κ3) is 3.85. The van der Waals surface area contributed by atoms with E-state index < -0.39 is 54.8 Å². The van der Waals surface area contributed by atoms with E-state index in [2.05, 4.69) is 5.32 Å². The lowest BCUT2D eigenvalue weighted by atomic mass is 9.89. The summed E-state index contributed by atoms with van der Waals surface area (Å²) in [6, 6.07) is 2.62. The molecule has 1 aromatic rings.